The Morgan fingerprint density at radius 1 is 0.727 bits per heavy atom. The van der Waals surface area contributed by atoms with Gasteiger partial charge in [-0.3, -0.25) is 4.98 Å². The Balaban J connectivity index is 1.36. The lowest BCUT2D eigenvalue weighted by atomic mass is 9.82. The number of thiophene rings is 1. The Bertz CT molecular complexity index is 2030. The van der Waals surface area contributed by atoms with Crippen molar-refractivity contribution in [1.82, 2.24) is 4.98 Å². The SMILES string of the molecule is [2H]c1cc2c(C)c(-c3ccc(-c4ccc(CC(C)(C)C(F)(F)F)cc4)cc3)sc2c(-c2cc(C(C)(C)C)c3ccccc3c2)n1. The molecule has 1 nitrogen and oxygen atoms in total. The zero-order valence-corrected chi connectivity index (χ0v) is 26.7. The van der Waals surface area contributed by atoms with E-state index >= 15 is 0 Å². The van der Waals surface area contributed by atoms with E-state index in [1.54, 1.807) is 23.5 Å². The van der Waals surface area contributed by atoms with Gasteiger partial charge in [0.2, 0.25) is 0 Å². The second-order valence-electron chi connectivity index (χ2n) is 13.4. The third-order valence-electron chi connectivity index (χ3n) is 8.58. The number of alkyl halides is 3. The maximum atomic E-state index is 13.4. The summed E-state index contributed by atoms with van der Waals surface area (Å²) in [6, 6.07) is 30.4. The maximum Gasteiger partial charge on any atom is 0.394 e. The molecule has 44 heavy (non-hydrogen) atoms. The number of benzene rings is 4. The number of hydrogen-bond donors (Lipinski definition) is 0. The van der Waals surface area contributed by atoms with Crippen LogP contribution in [0.3, 0.4) is 0 Å². The Hall–Kier alpha value is -3.96. The van der Waals surface area contributed by atoms with E-state index in [1.807, 2.05) is 18.2 Å². The van der Waals surface area contributed by atoms with Gasteiger partial charge >= 0.3 is 6.18 Å². The van der Waals surface area contributed by atoms with Crippen molar-refractivity contribution in [2.24, 2.45) is 5.41 Å². The van der Waals surface area contributed by atoms with Crippen molar-refractivity contribution in [3.8, 4) is 32.8 Å². The smallest absolute Gasteiger partial charge is 0.255 e. The molecule has 0 saturated carbocycles. The van der Waals surface area contributed by atoms with Crippen molar-refractivity contribution < 1.29 is 14.5 Å². The topological polar surface area (TPSA) is 12.9 Å². The first kappa shape index (κ1) is 28.8. The molecule has 0 amide bonds. The van der Waals surface area contributed by atoms with E-state index in [1.165, 1.54) is 24.8 Å². The first-order valence-corrected chi connectivity index (χ1v) is 15.6. The third-order valence-corrected chi connectivity index (χ3v) is 9.95. The van der Waals surface area contributed by atoms with E-state index in [0.29, 0.717) is 5.56 Å². The largest absolute Gasteiger partial charge is 0.394 e. The van der Waals surface area contributed by atoms with Crippen LogP contribution in [-0.2, 0) is 11.8 Å². The molecule has 0 bridgehead atoms. The molecule has 2 heterocycles. The lowest BCUT2D eigenvalue weighted by Crippen LogP contribution is -2.34. The molecule has 0 fully saturated rings. The summed E-state index contributed by atoms with van der Waals surface area (Å²) in [6.45, 7) is 11.3. The summed E-state index contributed by atoms with van der Waals surface area (Å²) < 4.78 is 49.7. The normalized spacial score (nSPS) is 13.1. The molecule has 5 heteroatoms. The van der Waals surface area contributed by atoms with E-state index in [0.717, 1.165) is 53.9 Å². The highest BCUT2D eigenvalue weighted by molar-refractivity contribution is 7.23. The van der Waals surface area contributed by atoms with Crippen LogP contribution in [0.5, 0.6) is 0 Å². The van der Waals surface area contributed by atoms with Gasteiger partial charge in [-0.05, 0) is 86.5 Å². The van der Waals surface area contributed by atoms with Gasteiger partial charge in [0.1, 0.15) is 0 Å². The Morgan fingerprint density at radius 3 is 1.98 bits per heavy atom. The van der Waals surface area contributed by atoms with Gasteiger partial charge in [0.15, 0.2) is 0 Å². The van der Waals surface area contributed by atoms with Gasteiger partial charge in [-0.25, -0.2) is 0 Å². The van der Waals surface area contributed by atoms with Crippen LogP contribution < -0.4 is 0 Å². The van der Waals surface area contributed by atoms with E-state index < -0.39 is 11.6 Å². The molecule has 0 radical (unpaired) electrons. The summed E-state index contributed by atoms with van der Waals surface area (Å²) >= 11 is 1.70. The predicted octanol–water partition coefficient (Wildman–Crippen LogP) is 12.2. The molecule has 0 aliphatic carbocycles. The van der Waals surface area contributed by atoms with E-state index in [2.05, 4.69) is 88.4 Å². The molecule has 0 atom stereocenters. The molecule has 0 aliphatic rings. The average Bonchev–Trinajstić information content (AvgIpc) is 3.31. The highest BCUT2D eigenvalue weighted by Crippen LogP contribution is 2.44. The molecule has 0 spiro atoms. The van der Waals surface area contributed by atoms with Gasteiger partial charge in [0.25, 0.3) is 0 Å². The number of aromatic nitrogens is 1. The second-order valence-corrected chi connectivity index (χ2v) is 14.4. The summed E-state index contributed by atoms with van der Waals surface area (Å²) in [5.74, 6) is 0. The van der Waals surface area contributed by atoms with Crippen LogP contribution in [0.2, 0.25) is 0 Å². The summed E-state index contributed by atoms with van der Waals surface area (Å²) in [5.41, 5.74) is 6.07. The van der Waals surface area contributed by atoms with Crippen LogP contribution in [0.4, 0.5) is 13.2 Å². The van der Waals surface area contributed by atoms with Gasteiger partial charge in [-0.2, -0.15) is 13.2 Å². The molecule has 4 aromatic carbocycles. The molecule has 0 N–H and O–H groups in total. The van der Waals surface area contributed by atoms with Crippen molar-refractivity contribution >= 4 is 32.2 Å². The quantitative estimate of drug-likeness (QED) is 0.190. The number of fused-ring (bicyclic) bond motifs is 2. The average molecular weight is 609 g/mol. The van der Waals surface area contributed by atoms with Crippen molar-refractivity contribution in [2.75, 3.05) is 0 Å². The van der Waals surface area contributed by atoms with Gasteiger partial charge < -0.3 is 0 Å². The van der Waals surface area contributed by atoms with E-state index in [4.69, 9.17) is 6.35 Å². The minimum absolute atomic E-state index is 0.0610. The zero-order chi connectivity index (χ0) is 32.3. The third kappa shape index (κ3) is 5.54. The fraction of sp³-hybridized carbons (Fsp3) is 0.256. The Kier molecular flexibility index (Phi) is 7.12. The second kappa shape index (κ2) is 10.9. The van der Waals surface area contributed by atoms with Crippen LogP contribution in [0.15, 0.2) is 97.2 Å². The standard InChI is InChI=1S/C39H36F3NS/c1-24-31-19-20-43-34(30-21-29-9-7-8-10-32(29)33(22-30)37(2,3)4)36(31)44-35(24)28-17-15-27(16-18-28)26-13-11-25(12-14-26)23-38(5,6)39(40,41)42/h7-22H,23H2,1-6H3/i20D. The Morgan fingerprint density at radius 2 is 1.34 bits per heavy atom. The molecule has 0 saturated heterocycles. The summed E-state index contributed by atoms with van der Waals surface area (Å²) in [6.07, 6.45) is -4.07. The molecule has 6 rings (SSSR count). The van der Waals surface area contributed by atoms with E-state index in [9.17, 15) is 13.2 Å². The Labute approximate surface area is 262 Å². The molecule has 224 valence electrons. The predicted molar refractivity (Wildman–Crippen MR) is 180 cm³/mol. The number of pyridine rings is 1. The van der Waals surface area contributed by atoms with Crippen molar-refractivity contribution in [2.45, 2.75) is 59.6 Å². The molecular weight excluding hydrogens is 571 g/mol. The van der Waals surface area contributed by atoms with Gasteiger partial charge in [0.05, 0.1) is 17.2 Å². The van der Waals surface area contributed by atoms with Gasteiger partial charge in [-0.1, -0.05) is 107 Å². The summed E-state index contributed by atoms with van der Waals surface area (Å²) in [5, 5.41) is 3.43. The van der Waals surface area contributed by atoms with Crippen LogP contribution in [0.25, 0.3) is 53.7 Å². The van der Waals surface area contributed by atoms with Crippen LogP contribution in [0.1, 0.15) is 52.7 Å². The summed E-state index contributed by atoms with van der Waals surface area (Å²) in [4.78, 5) is 5.89. The number of hydrogen-bond acceptors (Lipinski definition) is 2. The number of aryl methyl sites for hydroxylation is 1. The molecule has 2 aromatic heterocycles. The fourth-order valence-electron chi connectivity index (χ4n) is 5.87. The fourth-order valence-corrected chi connectivity index (χ4v) is 7.17. The molecule has 0 aliphatic heterocycles. The minimum atomic E-state index is -4.25. The summed E-state index contributed by atoms with van der Waals surface area (Å²) in [7, 11) is 0. The minimum Gasteiger partial charge on any atom is -0.255 e. The molecular formula is C39H36F3NS. The van der Waals surface area contributed by atoms with Crippen LogP contribution in [-0.4, -0.2) is 11.2 Å². The monoisotopic (exact) mass is 608 g/mol. The van der Waals surface area contributed by atoms with Gasteiger partial charge in [-0.15, -0.1) is 11.3 Å². The van der Waals surface area contributed by atoms with Crippen molar-refractivity contribution in [1.29, 1.82) is 0 Å². The molecule has 6 aromatic rings. The number of rotatable bonds is 5. The highest BCUT2D eigenvalue weighted by atomic mass is 32.1. The van der Waals surface area contributed by atoms with E-state index in [-0.39, 0.29) is 18.0 Å². The van der Waals surface area contributed by atoms with Crippen molar-refractivity contribution in [3.05, 3.63) is 114 Å². The lowest BCUT2D eigenvalue weighted by molar-refractivity contribution is -0.211. The first-order valence-electron chi connectivity index (χ1n) is 15.3. The maximum absolute atomic E-state index is 13.4. The van der Waals surface area contributed by atoms with Crippen LogP contribution in [0, 0.1) is 12.3 Å². The lowest BCUT2D eigenvalue weighted by Gasteiger charge is -2.27. The molecule has 0 unspecified atom stereocenters. The first-order chi connectivity index (χ1) is 21.1. The van der Waals surface area contributed by atoms with Crippen LogP contribution >= 0.6 is 11.3 Å². The number of nitrogens with zero attached hydrogens (tertiary/aromatic N) is 1. The van der Waals surface area contributed by atoms with Crippen molar-refractivity contribution in [3.63, 3.8) is 0 Å². The zero-order valence-electron chi connectivity index (χ0n) is 26.9. The highest BCUT2D eigenvalue weighted by Gasteiger charge is 2.46. The number of halogens is 3. The van der Waals surface area contributed by atoms with Gasteiger partial charge in [0, 0.05) is 16.6 Å².